The summed E-state index contributed by atoms with van der Waals surface area (Å²) >= 11 is 0. The number of hydrogen-bond acceptors (Lipinski definition) is 4. The van der Waals surface area contributed by atoms with Crippen LogP contribution in [0.2, 0.25) is 0 Å². The molecule has 8 heteroatoms. The zero-order valence-corrected chi connectivity index (χ0v) is 13.0. The van der Waals surface area contributed by atoms with Crippen molar-refractivity contribution in [1.29, 1.82) is 0 Å². The number of rotatable bonds is 4. The SMILES string of the molecule is O=C(NNC(=O)c1cn(Cc2ccccc2)nn1)c1ccc(F)cc1. The lowest BCUT2D eigenvalue weighted by molar-refractivity contribution is 0.0844. The summed E-state index contributed by atoms with van der Waals surface area (Å²) in [6.45, 7) is 0.475. The zero-order valence-electron chi connectivity index (χ0n) is 13.0. The van der Waals surface area contributed by atoms with Gasteiger partial charge in [-0.2, -0.15) is 0 Å². The molecule has 0 fully saturated rings. The molecule has 2 N–H and O–H groups in total. The number of hydrogen-bond donors (Lipinski definition) is 2. The molecule has 0 spiro atoms. The minimum absolute atomic E-state index is 0.0651. The third kappa shape index (κ3) is 4.25. The third-order valence-corrected chi connectivity index (χ3v) is 3.35. The Bertz CT molecular complexity index is 878. The van der Waals surface area contributed by atoms with Crippen LogP contribution in [0.25, 0.3) is 0 Å². The second kappa shape index (κ2) is 7.35. The Morgan fingerprint density at radius 3 is 2.36 bits per heavy atom. The van der Waals surface area contributed by atoms with Gasteiger partial charge in [0.15, 0.2) is 5.69 Å². The first-order valence-electron chi connectivity index (χ1n) is 7.42. The van der Waals surface area contributed by atoms with Crippen LogP contribution in [0.5, 0.6) is 0 Å². The van der Waals surface area contributed by atoms with Crippen molar-refractivity contribution in [2.45, 2.75) is 6.54 Å². The molecule has 0 aliphatic heterocycles. The molecule has 1 aromatic heterocycles. The second-order valence-electron chi connectivity index (χ2n) is 5.20. The molecular weight excluding hydrogens is 325 g/mol. The number of hydrazine groups is 1. The molecule has 0 aliphatic rings. The van der Waals surface area contributed by atoms with Gasteiger partial charge in [-0.1, -0.05) is 35.5 Å². The molecule has 2 amide bonds. The van der Waals surface area contributed by atoms with Crippen LogP contribution in [0.3, 0.4) is 0 Å². The van der Waals surface area contributed by atoms with Crippen molar-refractivity contribution in [3.8, 4) is 0 Å². The van der Waals surface area contributed by atoms with Crippen LogP contribution in [0.1, 0.15) is 26.4 Å². The molecule has 7 nitrogen and oxygen atoms in total. The van der Waals surface area contributed by atoms with Crippen LogP contribution in [-0.2, 0) is 6.54 Å². The van der Waals surface area contributed by atoms with Gasteiger partial charge >= 0.3 is 0 Å². The Hall–Kier alpha value is -3.55. The van der Waals surface area contributed by atoms with Gasteiger partial charge in [-0.25, -0.2) is 9.07 Å². The summed E-state index contributed by atoms with van der Waals surface area (Å²) in [7, 11) is 0. The predicted octanol–water partition coefficient (Wildman–Crippen LogP) is 1.54. The molecule has 3 rings (SSSR count). The number of halogens is 1. The number of aromatic nitrogens is 3. The first-order chi connectivity index (χ1) is 12.1. The van der Waals surface area contributed by atoms with E-state index in [4.69, 9.17) is 0 Å². The van der Waals surface area contributed by atoms with E-state index in [-0.39, 0.29) is 11.3 Å². The second-order valence-corrected chi connectivity index (χ2v) is 5.20. The van der Waals surface area contributed by atoms with E-state index in [0.29, 0.717) is 6.54 Å². The van der Waals surface area contributed by atoms with E-state index in [2.05, 4.69) is 21.2 Å². The van der Waals surface area contributed by atoms with Crippen LogP contribution in [0, 0.1) is 5.82 Å². The van der Waals surface area contributed by atoms with E-state index in [0.717, 1.165) is 17.7 Å². The van der Waals surface area contributed by atoms with Crippen molar-refractivity contribution >= 4 is 11.8 Å². The molecule has 1 heterocycles. The lowest BCUT2D eigenvalue weighted by Crippen LogP contribution is -2.41. The fourth-order valence-corrected chi connectivity index (χ4v) is 2.10. The van der Waals surface area contributed by atoms with Crippen molar-refractivity contribution in [3.05, 3.63) is 83.4 Å². The molecule has 2 aromatic carbocycles. The van der Waals surface area contributed by atoms with E-state index in [1.807, 2.05) is 30.3 Å². The molecule has 0 atom stereocenters. The summed E-state index contributed by atoms with van der Waals surface area (Å²) in [5.41, 5.74) is 5.78. The Kier molecular flexibility index (Phi) is 4.79. The lowest BCUT2D eigenvalue weighted by Gasteiger charge is -2.05. The highest BCUT2D eigenvalue weighted by molar-refractivity contribution is 5.98. The van der Waals surface area contributed by atoms with Gasteiger partial charge in [-0.3, -0.25) is 20.4 Å². The molecule has 25 heavy (non-hydrogen) atoms. The molecule has 126 valence electrons. The smallest absolute Gasteiger partial charge is 0.267 e. The van der Waals surface area contributed by atoms with Crippen LogP contribution >= 0.6 is 0 Å². The van der Waals surface area contributed by atoms with Crippen LogP contribution in [-0.4, -0.2) is 26.8 Å². The molecule has 0 bridgehead atoms. The summed E-state index contributed by atoms with van der Waals surface area (Å²) < 4.78 is 14.3. The normalized spacial score (nSPS) is 10.3. The molecular formula is C17H14FN5O2. The lowest BCUT2D eigenvalue weighted by atomic mass is 10.2. The number of carbonyl (C=O) groups is 2. The predicted molar refractivity (Wildman–Crippen MR) is 86.9 cm³/mol. The van der Waals surface area contributed by atoms with Gasteiger partial charge in [-0.15, -0.1) is 5.10 Å². The van der Waals surface area contributed by atoms with Crippen molar-refractivity contribution in [2.75, 3.05) is 0 Å². The third-order valence-electron chi connectivity index (χ3n) is 3.35. The fourth-order valence-electron chi connectivity index (χ4n) is 2.10. The number of carbonyl (C=O) groups excluding carboxylic acids is 2. The van der Waals surface area contributed by atoms with E-state index < -0.39 is 17.6 Å². The van der Waals surface area contributed by atoms with Crippen molar-refractivity contribution in [1.82, 2.24) is 25.8 Å². The average Bonchev–Trinajstić information content (AvgIpc) is 3.09. The first kappa shape index (κ1) is 16.3. The fraction of sp³-hybridized carbons (Fsp3) is 0.0588. The van der Waals surface area contributed by atoms with Crippen LogP contribution in [0.15, 0.2) is 60.8 Å². The Morgan fingerprint density at radius 2 is 1.64 bits per heavy atom. The van der Waals surface area contributed by atoms with Gasteiger partial charge < -0.3 is 0 Å². The minimum atomic E-state index is -0.602. The summed E-state index contributed by atoms with van der Waals surface area (Å²) in [6.07, 6.45) is 1.48. The van der Waals surface area contributed by atoms with Gasteiger partial charge in [0.2, 0.25) is 0 Å². The quantitative estimate of drug-likeness (QED) is 0.706. The Balaban J connectivity index is 1.56. The van der Waals surface area contributed by atoms with Gasteiger partial charge in [0, 0.05) is 5.56 Å². The number of nitrogens with zero attached hydrogens (tertiary/aromatic N) is 3. The van der Waals surface area contributed by atoms with E-state index in [1.54, 1.807) is 0 Å². The largest absolute Gasteiger partial charge is 0.291 e. The maximum absolute atomic E-state index is 12.8. The summed E-state index contributed by atoms with van der Waals surface area (Å²) in [4.78, 5) is 23.8. The van der Waals surface area contributed by atoms with E-state index in [9.17, 15) is 14.0 Å². The van der Waals surface area contributed by atoms with Crippen molar-refractivity contribution < 1.29 is 14.0 Å². The molecule has 0 saturated carbocycles. The monoisotopic (exact) mass is 339 g/mol. The highest BCUT2D eigenvalue weighted by Crippen LogP contribution is 2.03. The number of nitrogens with one attached hydrogen (secondary N) is 2. The average molecular weight is 339 g/mol. The summed E-state index contributed by atoms with van der Waals surface area (Å²) in [5, 5.41) is 7.65. The van der Waals surface area contributed by atoms with E-state index >= 15 is 0 Å². The Labute approximate surface area is 142 Å². The van der Waals surface area contributed by atoms with Crippen LogP contribution < -0.4 is 10.9 Å². The van der Waals surface area contributed by atoms with Gasteiger partial charge in [0.05, 0.1) is 12.7 Å². The molecule has 0 saturated heterocycles. The first-order valence-corrected chi connectivity index (χ1v) is 7.42. The Morgan fingerprint density at radius 1 is 0.960 bits per heavy atom. The minimum Gasteiger partial charge on any atom is -0.267 e. The molecule has 0 radical (unpaired) electrons. The number of benzene rings is 2. The standard InChI is InChI=1S/C17H14FN5O2/c18-14-8-6-13(7-9-14)16(24)20-21-17(25)15-11-23(22-19-15)10-12-4-2-1-3-5-12/h1-9,11H,10H2,(H,20,24)(H,21,25). The summed E-state index contributed by atoms with van der Waals surface area (Å²) in [6, 6.07) is 14.5. The van der Waals surface area contributed by atoms with Gasteiger partial charge in [0.1, 0.15) is 5.82 Å². The zero-order chi connectivity index (χ0) is 17.6. The highest BCUT2D eigenvalue weighted by atomic mass is 19.1. The summed E-state index contributed by atoms with van der Waals surface area (Å²) in [5.74, 6) is -1.62. The van der Waals surface area contributed by atoms with Gasteiger partial charge in [-0.05, 0) is 29.8 Å². The van der Waals surface area contributed by atoms with Gasteiger partial charge in [0.25, 0.3) is 11.8 Å². The molecule has 0 aliphatic carbocycles. The van der Waals surface area contributed by atoms with Crippen LogP contribution in [0.4, 0.5) is 4.39 Å². The maximum Gasteiger partial charge on any atom is 0.291 e. The maximum atomic E-state index is 12.8. The van der Waals surface area contributed by atoms with Crippen molar-refractivity contribution in [2.24, 2.45) is 0 Å². The molecule has 0 unspecified atom stereocenters. The van der Waals surface area contributed by atoms with Crippen molar-refractivity contribution in [3.63, 3.8) is 0 Å². The highest BCUT2D eigenvalue weighted by Gasteiger charge is 2.13. The number of amides is 2. The molecule has 3 aromatic rings. The topological polar surface area (TPSA) is 88.9 Å². The van der Waals surface area contributed by atoms with E-state index in [1.165, 1.54) is 23.0 Å².